The highest BCUT2D eigenvalue weighted by Crippen LogP contribution is 2.27. The zero-order valence-electron chi connectivity index (χ0n) is 11.7. The zero-order valence-corrected chi connectivity index (χ0v) is 13.3. The van der Waals surface area contributed by atoms with Crippen LogP contribution in [0, 0.1) is 5.82 Å². The molecule has 0 spiro atoms. The van der Waals surface area contributed by atoms with Gasteiger partial charge in [-0.25, -0.2) is 4.39 Å². The summed E-state index contributed by atoms with van der Waals surface area (Å²) in [6, 6.07) is 11.2. The summed E-state index contributed by atoms with van der Waals surface area (Å²) < 4.78 is 13.8. The van der Waals surface area contributed by atoms with Crippen LogP contribution in [0.1, 0.15) is 28.9 Å². The van der Waals surface area contributed by atoms with Crippen LogP contribution in [0.5, 0.6) is 0 Å². The molecule has 5 heteroatoms. The van der Waals surface area contributed by atoms with E-state index < -0.39 is 11.7 Å². The lowest BCUT2D eigenvalue weighted by atomic mass is 10.1. The van der Waals surface area contributed by atoms with Crippen LogP contribution in [-0.4, -0.2) is 17.9 Å². The smallest absolute Gasteiger partial charge is 0.257 e. The molecule has 21 heavy (non-hydrogen) atoms. The van der Waals surface area contributed by atoms with Gasteiger partial charge in [0.1, 0.15) is 5.82 Å². The third-order valence-electron chi connectivity index (χ3n) is 3.44. The molecular formula is C16H15ClFNOS. The highest BCUT2D eigenvalue weighted by atomic mass is 35.5. The van der Waals surface area contributed by atoms with Crippen molar-refractivity contribution in [2.75, 3.05) is 7.05 Å². The van der Waals surface area contributed by atoms with Crippen molar-refractivity contribution in [1.29, 1.82) is 0 Å². The highest BCUT2D eigenvalue weighted by molar-refractivity contribution is 7.80. The predicted octanol–water partition coefficient (Wildman–Crippen LogP) is 4.60. The van der Waals surface area contributed by atoms with Crippen LogP contribution in [0.3, 0.4) is 0 Å². The number of benzene rings is 2. The van der Waals surface area contributed by atoms with Crippen LogP contribution >= 0.6 is 24.2 Å². The van der Waals surface area contributed by atoms with Crippen molar-refractivity contribution in [2.24, 2.45) is 0 Å². The third-order valence-corrected chi connectivity index (χ3v) is 4.06. The summed E-state index contributed by atoms with van der Waals surface area (Å²) in [4.78, 5) is 14.5. The van der Waals surface area contributed by atoms with E-state index in [9.17, 15) is 9.18 Å². The van der Waals surface area contributed by atoms with Crippen LogP contribution < -0.4 is 0 Å². The van der Waals surface area contributed by atoms with Gasteiger partial charge in [-0.2, -0.15) is 0 Å². The van der Waals surface area contributed by atoms with Gasteiger partial charge in [0.2, 0.25) is 0 Å². The summed E-state index contributed by atoms with van der Waals surface area (Å²) in [6.07, 6.45) is 0. The number of thiol groups is 1. The van der Waals surface area contributed by atoms with Gasteiger partial charge in [-0.05, 0) is 36.8 Å². The van der Waals surface area contributed by atoms with E-state index in [0.717, 1.165) is 5.56 Å². The maximum Gasteiger partial charge on any atom is 0.257 e. The van der Waals surface area contributed by atoms with Crippen molar-refractivity contribution in [1.82, 2.24) is 4.90 Å². The molecule has 2 rings (SSSR count). The number of carbonyl (C=O) groups is 1. The van der Waals surface area contributed by atoms with Crippen LogP contribution in [0.25, 0.3) is 0 Å². The van der Waals surface area contributed by atoms with Crippen molar-refractivity contribution in [3.05, 3.63) is 64.4 Å². The van der Waals surface area contributed by atoms with E-state index in [-0.39, 0.29) is 11.6 Å². The van der Waals surface area contributed by atoms with E-state index >= 15 is 0 Å². The number of hydrogen-bond donors (Lipinski definition) is 1. The van der Waals surface area contributed by atoms with Gasteiger partial charge in [0.15, 0.2) is 0 Å². The maximum atomic E-state index is 13.8. The number of nitrogens with zero attached hydrogens (tertiary/aromatic N) is 1. The molecule has 1 unspecified atom stereocenters. The fourth-order valence-electron chi connectivity index (χ4n) is 2.07. The fourth-order valence-corrected chi connectivity index (χ4v) is 2.56. The molecule has 0 N–H and O–H groups in total. The van der Waals surface area contributed by atoms with E-state index in [2.05, 4.69) is 12.6 Å². The van der Waals surface area contributed by atoms with Gasteiger partial charge in [0, 0.05) is 17.0 Å². The summed E-state index contributed by atoms with van der Waals surface area (Å²) in [5.41, 5.74) is 0.821. The van der Waals surface area contributed by atoms with Crippen LogP contribution in [0.4, 0.5) is 4.39 Å². The topological polar surface area (TPSA) is 20.3 Å². The molecule has 0 heterocycles. The number of halogens is 2. The Morgan fingerprint density at radius 3 is 2.62 bits per heavy atom. The molecule has 1 amide bonds. The lowest BCUT2D eigenvalue weighted by Gasteiger charge is -2.26. The van der Waals surface area contributed by atoms with Gasteiger partial charge in [-0.1, -0.05) is 29.8 Å². The van der Waals surface area contributed by atoms with Gasteiger partial charge in [-0.15, -0.1) is 12.6 Å². The van der Waals surface area contributed by atoms with Gasteiger partial charge >= 0.3 is 0 Å². The van der Waals surface area contributed by atoms with Crippen LogP contribution in [0.15, 0.2) is 47.4 Å². The van der Waals surface area contributed by atoms with Gasteiger partial charge in [-0.3, -0.25) is 4.79 Å². The summed E-state index contributed by atoms with van der Waals surface area (Å²) in [6.45, 7) is 1.85. The second-order valence-corrected chi connectivity index (χ2v) is 5.70. The summed E-state index contributed by atoms with van der Waals surface area (Å²) >= 11 is 10.3. The second-order valence-electron chi connectivity index (χ2n) is 4.78. The van der Waals surface area contributed by atoms with E-state index in [4.69, 9.17) is 11.6 Å². The molecule has 0 radical (unpaired) electrons. The molecule has 1 atom stereocenters. The van der Waals surface area contributed by atoms with Crippen molar-refractivity contribution in [3.63, 3.8) is 0 Å². The fraction of sp³-hybridized carbons (Fsp3) is 0.188. The van der Waals surface area contributed by atoms with Crippen LogP contribution in [-0.2, 0) is 0 Å². The number of hydrogen-bond acceptors (Lipinski definition) is 2. The molecule has 0 saturated carbocycles. The zero-order chi connectivity index (χ0) is 15.6. The molecule has 2 aromatic carbocycles. The standard InChI is InChI=1S/C16H15ClFNOS/c1-10(12-5-3-4-6-14(12)17)19(2)16(20)13-9-11(21)7-8-15(13)18/h3-10,21H,1-2H3. The SMILES string of the molecule is CC(c1ccccc1Cl)N(C)C(=O)c1cc(S)ccc1F. The quantitative estimate of drug-likeness (QED) is 0.818. The van der Waals surface area contributed by atoms with E-state index in [0.29, 0.717) is 9.92 Å². The third kappa shape index (κ3) is 3.39. The van der Waals surface area contributed by atoms with Crippen LogP contribution in [0.2, 0.25) is 5.02 Å². The van der Waals surface area contributed by atoms with E-state index in [1.807, 2.05) is 25.1 Å². The number of amides is 1. The van der Waals surface area contributed by atoms with Crippen molar-refractivity contribution in [3.8, 4) is 0 Å². The molecule has 110 valence electrons. The molecule has 0 aliphatic rings. The minimum Gasteiger partial charge on any atom is -0.335 e. The lowest BCUT2D eigenvalue weighted by molar-refractivity contribution is 0.0737. The summed E-state index contributed by atoms with van der Waals surface area (Å²) in [5, 5.41) is 0.577. The Kier molecular flexibility index (Phi) is 4.91. The minimum absolute atomic E-state index is 0.00361. The molecule has 0 aromatic heterocycles. The van der Waals surface area contributed by atoms with E-state index in [1.54, 1.807) is 13.1 Å². The first-order chi connectivity index (χ1) is 9.91. The maximum absolute atomic E-state index is 13.8. The monoisotopic (exact) mass is 323 g/mol. The minimum atomic E-state index is -0.559. The van der Waals surface area contributed by atoms with Crippen molar-refractivity contribution in [2.45, 2.75) is 17.9 Å². The molecule has 0 aliphatic heterocycles. The summed E-state index contributed by atoms with van der Waals surface area (Å²) in [5.74, 6) is -0.966. The van der Waals surface area contributed by atoms with Gasteiger partial charge in [0.05, 0.1) is 11.6 Å². The molecule has 0 saturated heterocycles. The van der Waals surface area contributed by atoms with Gasteiger partial charge < -0.3 is 4.90 Å². The van der Waals surface area contributed by atoms with Gasteiger partial charge in [0.25, 0.3) is 5.91 Å². The molecule has 0 bridgehead atoms. The Bertz CT molecular complexity index is 677. The summed E-state index contributed by atoms with van der Waals surface area (Å²) in [7, 11) is 1.63. The highest BCUT2D eigenvalue weighted by Gasteiger charge is 2.22. The average Bonchev–Trinajstić information content (AvgIpc) is 2.48. The Labute approximate surface area is 133 Å². The molecule has 2 aromatic rings. The predicted molar refractivity (Wildman–Crippen MR) is 85.6 cm³/mol. The molecule has 2 nitrogen and oxygen atoms in total. The average molecular weight is 324 g/mol. The Balaban J connectivity index is 2.31. The molecule has 0 fully saturated rings. The van der Waals surface area contributed by atoms with Crippen molar-refractivity contribution >= 4 is 30.1 Å². The molecule has 0 aliphatic carbocycles. The first-order valence-electron chi connectivity index (χ1n) is 6.42. The van der Waals surface area contributed by atoms with E-state index in [1.165, 1.54) is 23.1 Å². The largest absolute Gasteiger partial charge is 0.335 e. The Morgan fingerprint density at radius 2 is 1.95 bits per heavy atom. The number of rotatable bonds is 3. The first kappa shape index (κ1) is 15.9. The lowest BCUT2D eigenvalue weighted by Crippen LogP contribution is -2.30. The number of carbonyl (C=O) groups excluding carboxylic acids is 1. The second kappa shape index (κ2) is 6.50. The molecular weight excluding hydrogens is 309 g/mol. The normalized spacial score (nSPS) is 12.0. The van der Waals surface area contributed by atoms with Crippen molar-refractivity contribution < 1.29 is 9.18 Å². The Morgan fingerprint density at radius 1 is 1.29 bits per heavy atom. The first-order valence-corrected chi connectivity index (χ1v) is 7.24. The Hall–Kier alpha value is -1.52.